The van der Waals surface area contributed by atoms with Crippen molar-refractivity contribution in [2.75, 3.05) is 13.7 Å². The lowest BCUT2D eigenvalue weighted by Gasteiger charge is -2.18. The summed E-state index contributed by atoms with van der Waals surface area (Å²) in [5.74, 6) is -0.431. The Bertz CT molecular complexity index is 162. The molecule has 1 fully saturated rings. The molecule has 13 heavy (non-hydrogen) atoms. The van der Waals surface area contributed by atoms with Crippen molar-refractivity contribution in [3.8, 4) is 0 Å². The van der Waals surface area contributed by atoms with E-state index in [1.54, 1.807) is 7.11 Å². The van der Waals surface area contributed by atoms with E-state index in [0.29, 0.717) is 18.9 Å². The Balaban J connectivity index is 2.40. The van der Waals surface area contributed by atoms with Crippen LogP contribution in [0, 0.1) is 11.8 Å². The molecule has 0 heterocycles. The van der Waals surface area contributed by atoms with Crippen LogP contribution in [0.25, 0.3) is 0 Å². The Morgan fingerprint density at radius 2 is 2.15 bits per heavy atom. The van der Waals surface area contributed by atoms with Crippen LogP contribution in [-0.4, -0.2) is 24.8 Å². The van der Waals surface area contributed by atoms with Gasteiger partial charge in [0.05, 0.1) is 5.92 Å². The number of carboxylic acids is 1. The van der Waals surface area contributed by atoms with Crippen molar-refractivity contribution >= 4 is 5.97 Å². The van der Waals surface area contributed by atoms with Gasteiger partial charge in [-0.3, -0.25) is 4.79 Å². The highest BCUT2D eigenvalue weighted by atomic mass is 16.5. The highest BCUT2D eigenvalue weighted by Crippen LogP contribution is 2.33. The summed E-state index contributed by atoms with van der Waals surface area (Å²) < 4.78 is 4.92. The predicted molar refractivity (Wildman–Crippen MR) is 49.6 cm³/mol. The number of hydrogen-bond acceptors (Lipinski definition) is 2. The third-order valence-electron chi connectivity index (χ3n) is 2.92. The number of methoxy groups -OCH3 is 1. The lowest BCUT2D eigenvalue weighted by molar-refractivity contribution is -0.144. The van der Waals surface area contributed by atoms with Crippen LogP contribution in [0.2, 0.25) is 0 Å². The first kappa shape index (κ1) is 10.5. The highest BCUT2D eigenvalue weighted by Gasteiger charge is 2.29. The van der Waals surface area contributed by atoms with E-state index in [2.05, 4.69) is 0 Å². The number of ether oxygens (including phenoxy) is 1. The van der Waals surface area contributed by atoms with E-state index in [1.165, 1.54) is 12.8 Å². The molecule has 0 aromatic rings. The first-order valence-corrected chi connectivity index (χ1v) is 4.97. The summed E-state index contributed by atoms with van der Waals surface area (Å²) in [7, 11) is 1.62. The third-order valence-corrected chi connectivity index (χ3v) is 2.92. The molecule has 1 unspecified atom stereocenters. The summed E-state index contributed by atoms with van der Waals surface area (Å²) in [6.45, 7) is 0.563. The summed E-state index contributed by atoms with van der Waals surface area (Å²) >= 11 is 0. The SMILES string of the molecule is COCCC(C(=O)O)C1CCCC1. The molecular weight excluding hydrogens is 168 g/mol. The fraction of sp³-hybridized carbons (Fsp3) is 0.900. The largest absolute Gasteiger partial charge is 0.481 e. The molecule has 3 heteroatoms. The number of aliphatic carboxylic acids is 1. The van der Waals surface area contributed by atoms with E-state index >= 15 is 0 Å². The molecule has 0 aliphatic heterocycles. The van der Waals surface area contributed by atoms with Gasteiger partial charge in [0.25, 0.3) is 0 Å². The van der Waals surface area contributed by atoms with Gasteiger partial charge in [0.1, 0.15) is 0 Å². The molecule has 0 aromatic carbocycles. The van der Waals surface area contributed by atoms with Gasteiger partial charge in [-0.25, -0.2) is 0 Å². The van der Waals surface area contributed by atoms with E-state index in [1.807, 2.05) is 0 Å². The molecule has 3 nitrogen and oxygen atoms in total. The average molecular weight is 186 g/mol. The van der Waals surface area contributed by atoms with Crippen molar-refractivity contribution in [1.82, 2.24) is 0 Å². The van der Waals surface area contributed by atoms with Crippen molar-refractivity contribution in [3.05, 3.63) is 0 Å². The van der Waals surface area contributed by atoms with Gasteiger partial charge in [0.2, 0.25) is 0 Å². The van der Waals surface area contributed by atoms with Gasteiger partial charge < -0.3 is 9.84 Å². The molecule has 1 rings (SSSR count). The second kappa shape index (κ2) is 5.22. The Morgan fingerprint density at radius 1 is 1.54 bits per heavy atom. The van der Waals surface area contributed by atoms with Gasteiger partial charge in [0, 0.05) is 13.7 Å². The molecule has 0 spiro atoms. The fourth-order valence-electron chi connectivity index (χ4n) is 2.17. The topological polar surface area (TPSA) is 46.5 Å². The predicted octanol–water partition coefficient (Wildman–Crippen LogP) is 1.91. The fourth-order valence-corrected chi connectivity index (χ4v) is 2.17. The minimum Gasteiger partial charge on any atom is -0.481 e. The molecule has 1 N–H and O–H groups in total. The maximum Gasteiger partial charge on any atom is 0.306 e. The van der Waals surface area contributed by atoms with Crippen LogP contribution in [0.5, 0.6) is 0 Å². The van der Waals surface area contributed by atoms with Crippen molar-refractivity contribution in [2.45, 2.75) is 32.1 Å². The summed E-state index contributed by atoms with van der Waals surface area (Å²) in [6, 6.07) is 0. The Morgan fingerprint density at radius 3 is 2.62 bits per heavy atom. The Kier molecular flexibility index (Phi) is 4.22. The Hall–Kier alpha value is -0.570. The number of carboxylic acid groups (broad SMARTS) is 1. The van der Waals surface area contributed by atoms with Crippen LogP contribution in [-0.2, 0) is 9.53 Å². The van der Waals surface area contributed by atoms with Gasteiger partial charge in [0.15, 0.2) is 0 Å². The molecule has 1 saturated carbocycles. The van der Waals surface area contributed by atoms with E-state index in [0.717, 1.165) is 12.8 Å². The van der Waals surface area contributed by atoms with E-state index in [-0.39, 0.29) is 5.92 Å². The number of carbonyl (C=O) groups is 1. The van der Waals surface area contributed by atoms with Crippen LogP contribution >= 0.6 is 0 Å². The molecule has 0 saturated heterocycles. The lowest BCUT2D eigenvalue weighted by Crippen LogP contribution is -2.23. The van der Waals surface area contributed by atoms with Gasteiger partial charge in [-0.2, -0.15) is 0 Å². The molecule has 1 aliphatic carbocycles. The quantitative estimate of drug-likeness (QED) is 0.713. The normalized spacial score (nSPS) is 20.4. The zero-order valence-corrected chi connectivity index (χ0v) is 8.16. The number of hydrogen-bond donors (Lipinski definition) is 1. The van der Waals surface area contributed by atoms with E-state index < -0.39 is 5.97 Å². The third kappa shape index (κ3) is 2.99. The van der Waals surface area contributed by atoms with Crippen LogP contribution in [0.4, 0.5) is 0 Å². The minimum absolute atomic E-state index is 0.178. The molecule has 0 amide bonds. The smallest absolute Gasteiger partial charge is 0.306 e. The standard InChI is InChI=1S/C10H18O3/c1-13-7-6-9(10(11)12)8-4-2-3-5-8/h8-9H,2-7H2,1H3,(H,11,12). The maximum atomic E-state index is 10.9. The average Bonchev–Trinajstić information content (AvgIpc) is 2.57. The maximum absolute atomic E-state index is 10.9. The van der Waals surface area contributed by atoms with Crippen molar-refractivity contribution in [3.63, 3.8) is 0 Å². The first-order chi connectivity index (χ1) is 6.25. The van der Waals surface area contributed by atoms with Crippen molar-refractivity contribution in [2.24, 2.45) is 11.8 Å². The summed E-state index contributed by atoms with van der Waals surface area (Å²) in [5.41, 5.74) is 0. The van der Waals surface area contributed by atoms with Gasteiger partial charge in [-0.05, 0) is 25.2 Å². The molecule has 76 valence electrons. The number of rotatable bonds is 5. The molecule has 1 aliphatic rings. The van der Waals surface area contributed by atoms with Crippen molar-refractivity contribution < 1.29 is 14.6 Å². The summed E-state index contributed by atoms with van der Waals surface area (Å²) in [5, 5.41) is 9.00. The zero-order valence-electron chi connectivity index (χ0n) is 8.16. The lowest BCUT2D eigenvalue weighted by atomic mass is 9.88. The molecule has 0 bridgehead atoms. The van der Waals surface area contributed by atoms with Gasteiger partial charge in [-0.1, -0.05) is 12.8 Å². The van der Waals surface area contributed by atoms with Crippen molar-refractivity contribution in [1.29, 1.82) is 0 Å². The Labute approximate surface area is 79.1 Å². The van der Waals surface area contributed by atoms with Crippen LogP contribution in [0.1, 0.15) is 32.1 Å². The molecule has 0 radical (unpaired) electrons. The molecule has 0 aromatic heterocycles. The monoisotopic (exact) mass is 186 g/mol. The van der Waals surface area contributed by atoms with Gasteiger partial charge >= 0.3 is 5.97 Å². The van der Waals surface area contributed by atoms with Crippen LogP contribution in [0.3, 0.4) is 0 Å². The van der Waals surface area contributed by atoms with Crippen LogP contribution in [0.15, 0.2) is 0 Å². The van der Waals surface area contributed by atoms with Gasteiger partial charge in [-0.15, -0.1) is 0 Å². The first-order valence-electron chi connectivity index (χ1n) is 4.97. The minimum atomic E-state index is -0.649. The molecule has 1 atom stereocenters. The summed E-state index contributed by atoms with van der Waals surface area (Å²) in [4.78, 5) is 10.9. The second-order valence-electron chi connectivity index (χ2n) is 3.77. The van der Waals surface area contributed by atoms with E-state index in [4.69, 9.17) is 9.84 Å². The van der Waals surface area contributed by atoms with E-state index in [9.17, 15) is 4.79 Å². The van der Waals surface area contributed by atoms with Crippen LogP contribution < -0.4 is 0 Å². The highest BCUT2D eigenvalue weighted by molar-refractivity contribution is 5.70. The second-order valence-corrected chi connectivity index (χ2v) is 3.77. The zero-order chi connectivity index (χ0) is 9.68. The molecular formula is C10H18O3. The summed E-state index contributed by atoms with van der Waals surface area (Å²) in [6.07, 6.45) is 5.22.